The fourth-order valence-corrected chi connectivity index (χ4v) is 3.82. The quantitative estimate of drug-likeness (QED) is 0.408. The Hall–Kier alpha value is -3.25. The van der Waals surface area contributed by atoms with Crippen LogP contribution in [0.25, 0.3) is 0 Å². The molecule has 170 valence electrons. The maximum atomic E-state index is 12.4. The molecule has 32 heavy (non-hydrogen) atoms. The summed E-state index contributed by atoms with van der Waals surface area (Å²) < 4.78 is 27.5. The lowest BCUT2D eigenvalue weighted by atomic mass is 10.3. The maximum absolute atomic E-state index is 12.4. The molecule has 1 heterocycles. The zero-order valence-corrected chi connectivity index (χ0v) is 19.3. The molecule has 11 heteroatoms. The number of aromatic nitrogens is 2. The lowest BCUT2D eigenvalue weighted by Crippen LogP contribution is -2.29. The molecule has 0 aliphatic rings. The Kier molecular flexibility index (Phi) is 9.35. The van der Waals surface area contributed by atoms with Gasteiger partial charge in [-0.1, -0.05) is 13.8 Å². The van der Waals surface area contributed by atoms with Gasteiger partial charge in [0, 0.05) is 31.9 Å². The van der Waals surface area contributed by atoms with Gasteiger partial charge < -0.3 is 15.5 Å². The van der Waals surface area contributed by atoms with Gasteiger partial charge in [0.2, 0.25) is 16.0 Å². The van der Waals surface area contributed by atoms with Crippen LogP contribution in [0.3, 0.4) is 0 Å². The number of rotatable bonds is 12. The number of hydrogen-bond donors (Lipinski definition) is 3. The molecular formula is C21H28N8O2S. The van der Waals surface area contributed by atoms with Crippen molar-refractivity contribution in [1.29, 1.82) is 10.5 Å². The van der Waals surface area contributed by atoms with E-state index in [-0.39, 0.29) is 10.8 Å². The third-order valence-electron chi connectivity index (χ3n) is 4.43. The molecule has 0 atom stereocenters. The van der Waals surface area contributed by atoms with Crippen molar-refractivity contribution in [3.8, 4) is 12.1 Å². The second-order valence-electron chi connectivity index (χ2n) is 7.38. The van der Waals surface area contributed by atoms with Crippen LogP contribution in [0, 0.1) is 22.7 Å². The van der Waals surface area contributed by atoms with E-state index in [9.17, 15) is 13.7 Å². The lowest BCUT2D eigenvalue weighted by molar-refractivity contribution is 0.554. The first-order chi connectivity index (χ1) is 15.3. The van der Waals surface area contributed by atoms with Crippen molar-refractivity contribution in [2.75, 3.05) is 36.9 Å². The Morgan fingerprint density at radius 3 is 2.50 bits per heavy atom. The van der Waals surface area contributed by atoms with Crippen molar-refractivity contribution in [3.05, 3.63) is 36.0 Å². The Balaban J connectivity index is 2.04. The average molecular weight is 457 g/mol. The fourth-order valence-electron chi connectivity index (χ4n) is 2.74. The molecule has 0 saturated carbocycles. The zero-order chi connectivity index (χ0) is 23.6. The van der Waals surface area contributed by atoms with Gasteiger partial charge in [0.1, 0.15) is 11.6 Å². The largest absolute Gasteiger partial charge is 0.357 e. The van der Waals surface area contributed by atoms with Crippen LogP contribution in [0.1, 0.15) is 32.3 Å². The number of nitrogens with zero attached hydrogens (tertiary/aromatic N) is 5. The minimum absolute atomic E-state index is 0.164. The molecule has 0 fully saturated rings. The van der Waals surface area contributed by atoms with Gasteiger partial charge in [-0.2, -0.15) is 15.5 Å². The van der Waals surface area contributed by atoms with Crippen LogP contribution in [0.4, 0.5) is 17.5 Å². The van der Waals surface area contributed by atoms with Crippen molar-refractivity contribution in [3.63, 3.8) is 0 Å². The molecule has 0 aliphatic carbocycles. The molecule has 0 aliphatic heterocycles. The number of sulfonamides is 1. The van der Waals surface area contributed by atoms with Crippen molar-refractivity contribution in [2.45, 2.75) is 37.6 Å². The van der Waals surface area contributed by atoms with Gasteiger partial charge in [0.15, 0.2) is 5.82 Å². The van der Waals surface area contributed by atoms with E-state index >= 15 is 0 Å². The standard InChI is InChI=1S/C21H28N8O2S/c1-16(2)24-11-5-12-26-32(30,31)19-8-6-18(7-9-19)27-21-25-15-17(14-23)20(28-21)29(3)13-4-10-22/h6-9,15-16,24,26H,4-5,11-13H2,1-3H3,(H,25,27,28). The van der Waals surface area contributed by atoms with Gasteiger partial charge in [-0.3, -0.25) is 0 Å². The number of hydrogen-bond acceptors (Lipinski definition) is 9. The van der Waals surface area contributed by atoms with Gasteiger partial charge in [-0.25, -0.2) is 18.1 Å². The van der Waals surface area contributed by atoms with E-state index in [1.165, 1.54) is 18.3 Å². The zero-order valence-electron chi connectivity index (χ0n) is 18.5. The van der Waals surface area contributed by atoms with Crippen LogP contribution in [-0.2, 0) is 10.0 Å². The van der Waals surface area contributed by atoms with Gasteiger partial charge in [0.25, 0.3) is 0 Å². The fraction of sp³-hybridized carbons (Fsp3) is 0.429. The van der Waals surface area contributed by atoms with Crippen LogP contribution in [0.2, 0.25) is 0 Å². The molecule has 1 aromatic heterocycles. The lowest BCUT2D eigenvalue weighted by Gasteiger charge is -2.18. The second-order valence-corrected chi connectivity index (χ2v) is 9.15. The van der Waals surface area contributed by atoms with E-state index in [2.05, 4.69) is 31.4 Å². The summed E-state index contributed by atoms with van der Waals surface area (Å²) in [4.78, 5) is 10.4. The SMILES string of the molecule is CC(C)NCCCNS(=O)(=O)c1ccc(Nc2ncc(C#N)c(N(C)CCC#N)n2)cc1. The van der Waals surface area contributed by atoms with Crippen LogP contribution in [0.15, 0.2) is 35.4 Å². The van der Waals surface area contributed by atoms with Gasteiger partial charge in [0.05, 0.1) is 23.6 Å². The predicted octanol–water partition coefficient (Wildman–Crippen LogP) is 2.11. The van der Waals surface area contributed by atoms with Crippen LogP contribution in [-0.4, -0.2) is 51.1 Å². The predicted molar refractivity (Wildman–Crippen MR) is 123 cm³/mol. The van der Waals surface area contributed by atoms with E-state index < -0.39 is 10.0 Å². The summed E-state index contributed by atoms with van der Waals surface area (Å²) in [6.07, 6.45) is 2.40. The van der Waals surface area contributed by atoms with E-state index in [0.29, 0.717) is 49.0 Å². The van der Waals surface area contributed by atoms with Crippen molar-refractivity contribution >= 4 is 27.5 Å². The second kappa shape index (κ2) is 12.0. The number of benzene rings is 1. The molecule has 0 radical (unpaired) electrons. The highest BCUT2D eigenvalue weighted by Crippen LogP contribution is 2.21. The van der Waals surface area contributed by atoms with Crippen molar-refractivity contribution in [1.82, 2.24) is 20.0 Å². The molecule has 0 amide bonds. The van der Waals surface area contributed by atoms with E-state index in [0.717, 1.165) is 6.54 Å². The first kappa shape index (κ1) is 25.0. The van der Waals surface area contributed by atoms with E-state index in [1.54, 1.807) is 24.1 Å². The molecule has 3 N–H and O–H groups in total. The first-order valence-corrected chi connectivity index (χ1v) is 11.7. The summed E-state index contributed by atoms with van der Waals surface area (Å²) in [7, 11) is -1.85. The van der Waals surface area contributed by atoms with Gasteiger partial charge >= 0.3 is 0 Å². The number of nitriles is 2. The summed E-state index contributed by atoms with van der Waals surface area (Å²) in [5.41, 5.74) is 0.896. The molecule has 0 spiro atoms. The Morgan fingerprint density at radius 2 is 1.88 bits per heavy atom. The summed E-state index contributed by atoms with van der Waals surface area (Å²) in [5.74, 6) is 0.671. The minimum atomic E-state index is -3.59. The summed E-state index contributed by atoms with van der Waals surface area (Å²) in [5, 5.41) is 24.3. The number of nitrogens with one attached hydrogen (secondary N) is 3. The Morgan fingerprint density at radius 1 is 1.16 bits per heavy atom. The van der Waals surface area contributed by atoms with Crippen LogP contribution in [0.5, 0.6) is 0 Å². The third kappa shape index (κ3) is 7.46. The monoisotopic (exact) mass is 456 g/mol. The van der Waals surface area contributed by atoms with E-state index in [4.69, 9.17) is 5.26 Å². The molecule has 1 aromatic carbocycles. The highest BCUT2D eigenvalue weighted by Gasteiger charge is 2.14. The van der Waals surface area contributed by atoms with Crippen molar-refractivity contribution in [2.24, 2.45) is 0 Å². The van der Waals surface area contributed by atoms with Gasteiger partial charge in [-0.05, 0) is 37.2 Å². The highest BCUT2D eigenvalue weighted by molar-refractivity contribution is 7.89. The highest BCUT2D eigenvalue weighted by atomic mass is 32.2. The summed E-state index contributed by atoms with van der Waals surface area (Å²) >= 11 is 0. The Bertz CT molecular complexity index is 1070. The average Bonchev–Trinajstić information content (AvgIpc) is 2.77. The summed E-state index contributed by atoms with van der Waals surface area (Å²) in [6.45, 7) is 5.59. The summed E-state index contributed by atoms with van der Waals surface area (Å²) in [6, 6.07) is 10.7. The molecule has 0 unspecified atom stereocenters. The smallest absolute Gasteiger partial charge is 0.240 e. The normalized spacial score (nSPS) is 11.1. The topological polar surface area (TPSA) is 147 Å². The number of anilines is 3. The molecular weight excluding hydrogens is 428 g/mol. The van der Waals surface area contributed by atoms with Crippen LogP contribution >= 0.6 is 0 Å². The van der Waals surface area contributed by atoms with Crippen molar-refractivity contribution < 1.29 is 8.42 Å². The molecule has 0 saturated heterocycles. The molecule has 2 rings (SSSR count). The third-order valence-corrected chi connectivity index (χ3v) is 5.91. The molecule has 0 bridgehead atoms. The first-order valence-electron chi connectivity index (χ1n) is 10.2. The van der Waals surface area contributed by atoms with Crippen LogP contribution < -0.4 is 20.3 Å². The molecule has 2 aromatic rings. The van der Waals surface area contributed by atoms with E-state index in [1.807, 2.05) is 19.9 Å². The minimum Gasteiger partial charge on any atom is -0.357 e. The Labute approximate surface area is 189 Å². The maximum Gasteiger partial charge on any atom is 0.240 e. The van der Waals surface area contributed by atoms with Gasteiger partial charge in [-0.15, -0.1) is 0 Å². The molecule has 10 nitrogen and oxygen atoms in total.